The maximum atomic E-state index is 12.4. The van der Waals surface area contributed by atoms with Gasteiger partial charge in [0.25, 0.3) is 0 Å². The summed E-state index contributed by atoms with van der Waals surface area (Å²) in [6.07, 6.45) is 0. The van der Waals surface area contributed by atoms with Gasteiger partial charge >= 0.3 is 5.97 Å². The standard InChI is InChI=1S/C23H28ClN3O3/c1-17-5-3-4-6-19(17)15-25-21(28)16-26-11-13-27(14-12-26)22(23(29)30-2)18-7-9-20(24)10-8-18/h3-10,22H,11-16H2,1-2H3,(H,25,28). The number of carbonyl (C=O) groups excluding carboxylic acids is 2. The highest BCUT2D eigenvalue weighted by atomic mass is 35.5. The zero-order valence-electron chi connectivity index (χ0n) is 17.4. The molecule has 2 aromatic rings. The second-order valence-electron chi connectivity index (χ2n) is 7.49. The Balaban J connectivity index is 1.52. The van der Waals surface area contributed by atoms with Gasteiger partial charge in [0.05, 0.1) is 13.7 Å². The molecular weight excluding hydrogens is 402 g/mol. The molecule has 30 heavy (non-hydrogen) atoms. The molecule has 1 aliphatic rings. The third kappa shape index (κ3) is 5.81. The molecule has 7 heteroatoms. The van der Waals surface area contributed by atoms with Crippen molar-refractivity contribution in [2.75, 3.05) is 39.8 Å². The van der Waals surface area contributed by atoms with E-state index in [-0.39, 0.29) is 11.9 Å². The van der Waals surface area contributed by atoms with Crippen molar-refractivity contribution in [3.8, 4) is 0 Å². The summed E-state index contributed by atoms with van der Waals surface area (Å²) in [6.45, 7) is 5.69. The lowest BCUT2D eigenvalue weighted by atomic mass is 10.0. The van der Waals surface area contributed by atoms with E-state index in [0.29, 0.717) is 44.3 Å². The first-order valence-electron chi connectivity index (χ1n) is 10.1. The van der Waals surface area contributed by atoms with E-state index in [4.69, 9.17) is 16.3 Å². The number of aryl methyl sites for hydroxylation is 1. The Hall–Kier alpha value is -2.41. The van der Waals surface area contributed by atoms with Crippen LogP contribution in [0.4, 0.5) is 0 Å². The summed E-state index contributed by atoms with van der Waals surface area (Å²) in [5.41, 5.74) is 3.15. The summed E-state index contributed by atoms with van der Waals surface area (Å²) in [5, 5.41) is 3.63. The molecule has 1 N–H and O–H groups in total. The topological polar surface area (TPSA) is 61.9 Å². The van der Waals surface area contributed by atoms with Crippen molar-refractivity contribution in [2.45, 2.75) is 19.5 Å². The number of piperazine rings is 1. The second kappa shape index (κ2) is 10.6. The molecule has 3 rings (SSSR count). The minimum atomic E-state index is -0.468. The third-order valence-corrected chi connectivity index (χ3v) is 5.74. The molecule has 1 fully saturated rings. The van der Waals surface area contributed by atoms with Crippen LogP contribution in [0.5, 0.6) is 0 Å². The van der Waals surface area contributed by atoms with Crippen LogP contribution in [-0.2, 0) is 20.9 Å². The quantitative estimate of drug-likeness (QED) is 0.686. The fraction of sp³-hybridized carbons (Fsp3) is 0.391. The van der Waals surface area contributed by atoms with Crippen molar-refractivity contribution in [1.82, 2.24) is 15.1 Å². The summed E-state index contributed by atoms with van der Waals surface area (Å²) in [4.78, 5) is 29.0. The van der Waals surface area contributed by atoms with Crippen LogP contribution in [0.3, 0.4) is 0 Å². The summed E-state index contributed by atoms with van der Waals surface area (Å²) < 4.78 is 5.03. The van der Waals surface area contributed by atoms with Gasteiger partial charge in [-0.2, -0.15) is 0 Å². The molecule has 0 radical (unpaired) electrons. The molecule has 1 unspecified atom stereocenters. The predicted molar refractivity (Wildman–Crippen MR) is 117 cm³/mol. The van der Waals surface area contributed by atoms with E-state index in [9.17, 15) is 9.59 Å². The fourth-order valence-corrected chi connectivity index (χ4v) is 3.82. The predicted octanol–water partition coefficient (Wildman–Crippen LogP) is 2.80. The Bertz CT molecular complexity index is 864. The van der Waals surface area contributed by atoms with Crippen LogP contribution in [0, 0.1) is 6.92 Å². The molecule has 0 spiro atoms. The number of hydrogen-bond acceptors (Lipinski definition) is 5. The van der Waals surface area contributed by atoms with E-state index in [2.05, 4.69) is 15.1 Å². The zero-order chi connectivity index (χ0) is 21.5. The summed E-state index contributed by atoms with van der Waals surface area (Å²) in [6, 6.07) is 14.8. The average Bonchev–Trinajstić information content (AvgIpc) is 2.75. The first-order valence-corrected chi connectivity index (χ1v) is 10.5. The first-order chi connectivity index (χ1) is 14.5. The summed E-state index contributed by atoms with van der Waals surface area (Å²) in [5.74, 6) is -0.282. The van der Waals surface area contributed by atoms with Crippen molar-refractivity contribution >= 4 is 23.5 Å². The Morgan fingerprint density at radius 2 is 1.73 bits per heavy atom. The van der Waals surface area contributed by atoms with Gasteiger partial charge in [0.15, 0.2) is 0 Å². The normalized spacial score (nSPS) is 16.1. The van der Waals surface area contributed by atoms with Crippen LogP contribution in [0.25, 0.3) is 0 Å². The molecule has 0 aliphatic carbocycles. The van der Waals surface area contributed by atoms with Crippen LogP contribution in [-0.4, -0.2) is 61.5 Å². The number of esters is 1. The van der Waals surface area contributed by atoms with E-state index in [1.807, 2.05) is 43.3 Å². The molecule has 6 nitrogen and oxygen atoms in total. The van der Waals surface area contributed by atoms with Crippen molar-refractivity contribution in [3.63, 3.8) is 0 Å². The number of carbonyl (C=O) groups is 2. The van der Waals surface area contributed by atoms with Crippen LogP contribution >= 0.6 is 11.6 Å². The fourth-order valence-electron chi connectivity index (χ4n) is 3.69. The van der Waals surface area contributed by atoms with Crippen molar-refractivity contribution < 1.29 is 14.3 Å². The SMILES string of the molecule is COC(=O)C(c1ccc(Cl)cc1)N1CCN(CC(=O)NCc2ccccc2C)CC1. The lowest BCUT2D eigenvalue weighted by Gasteiger charge is -2.38. The highest BCUT2D eigenvalue weighted by molar-refractivity contribution is 6.30. The molecule has 1 heterocycles. The smallest absolute Gasteiger partial charge is 0.327 e. The third-order valence-electron chi connectivity index (χ3n) is 5.49. The van der Waals surface area contributed by atoms with E-state index < -0.39 is 6.04 Å². The molecule has 1 aliphatic heterocycles. The van der Waals surface area contributed by atoms with Gasteiger partial charge < -0.3 is 10.1 Å². The van der Waals surface area contributed by atoms with Gasteiger partial charge in [-0.25, -0.2) is 4.79 Å². The number of methoxy groups -OCH3 is 1. The number of benzene rings is 2. The Morgan fingerprint density at radius 3 is 2.37 bits per heavy atom. The van der Waals surface area contributed by atoms with E-state index in [1.54, 1.807) is 12.1 Å². The van der Waals surface area contributed by atoms with E-state index >= 15 is 0 Å². The van der Waals surface area contributed by atoms with Crippen molar-refractivity contribution in [1.29, 1.82) is 0 Å². The zero-order valence-corrected chi connectivity index (χ0v) is 18.2. The Morgan fingerprint density at radius 1 is 1.07 bits per heavy atom. The number of ether oxygens (including phenoxy) is 1. The molecule has 0 aromatic heterocycles. The number of amides is 1. The molecule has 0 bridgehead atoms. The summed E-state index contributed by atoms with van der Waals surface area (Å²) in [7, 11) is 1.40. The molecule has 160 valence electrons. The minimum absolute atomic E-state index is 0.00826. The van der Waals surface area contributed by atoms with Gasteiger partial charge in [-0.05, 0) is 35.7 Å². The van der Waals surface area contributed by atoms with Crippen molar-refractivity contribution in [2.24, 2.45) is 0 Å². The van der Waals surface area contributed by atoms with E-state index in [0.717, 1.165) is 11.1 Å². The van der Waals surface area contributed by atoms with E-state index in [1.165, 1.54) is 12.7 Å². The maximum Gasteiger partial charge on any atom is 0.327 e. The Kier molecular flexibility index (Phi) is 7.85. The van der Waals surface area contributed by atoms with Gasteiger partial charge in [-0.1, -0.05) is 48.0 Å². The lowest BCUT2D eigenvalue weighted by molar-refractivity contribution is -0.148. The largest absolute Gasteiger partial charge is 0.468 e. The van der Waals surface area contributed by atoms with Crippen LogP contribution in [0.15, 0.2) is 48.5 Å². The van der Waals surface area contributed by atoms with Crippen LogP contribution in [0.2, 0.25) is 5.02 Å². The highest BCUT2D eigenvalue weighted by Gasteiger charge is 2.31. The second-order valence-corrected chi connectivity index (χ2v) is 7.93. The van der Waals surface area contributed by atoms with Gasteiger partial charge in [0.2, 0.25) is 5.91 Å². The van der Waals surface area contributed by atoms with Gasteiger partial charge in [-0.3, -0.25) is 14.6 Å². The Labute approximate surface area is 182 Å². The molecule has 0 saturated carbocycles. The molecule has 2 aromatic carbocycles. The number of rotatable bonds is 7. The lowest BCUT2D eigenvalue weighted by Crippen LogP contribution is -2.51. The number of nitrogens with one attached hydrogen (secondary N) is 1. The highest BCUT2D eigenvalue weighted by Crippen LogP contribution is 2.25. The van der Waals surface area contributed by atoms with Crippen LogP contribution < -0.4 is 5.32 Å². The molecule has 1 atom stereocenters. The monoisotopic (exact) mass is 429 g/mol. The number of hydrogen-bond donors (Lipinski definition) is 1. The molecule has 1 saturated heterocycles. The van der Waals surface area contributed by atoms with Crippen LogP contribution in [0.1, 0.15) is 22.7 Å². The summed E-state index contributed by atoms with van der Waals surface area (Å²) >= 11 is 5.98. The minimum Gasteiger partial charge on any atom is -0.468 e. The number of halogens is 1. The van der Waals surface area contributed by atoms with Gasteiger partial charge in [0, 0.05) is 37.7 Å². The average molecular weight is 430 g/mol. The molecule has 1 amide bonds. The number of nitrogens with zero attached hydrogens (tertiary/aromatic N) is 2. The van der Waals surface area contributed by atoms with Gasteiger partial charge in [-0.15, -0.1) is 0 Å². The molecular formula is C23H28ClN3O3. The maximum absolute atomic E-state index is 12.4. The van der Waals surface area contributed by atoms with Gasteiger partial charge in [0.1, 0.15) is 6.04 Å². The van der Waals surface area contributed by atoms with Crippen molar-refractivity contribution in [3.05, 3.63) is 70.2 Å². The first kappa shape index (κ1) is 22.3.